The SMILES string of the molecule is C=C(NNC(=O)c1cc(-c2cccs2)nc2ccccc12)c1ccccn1. The zero-order valence-electron chi connectivity index (χ0n) is 14.3. The van der Waals surface area contributed by atoms with Gasteiger partial charge in [0.2, 0.25) is 0 Å². The van der Waals surface area contributed by atoms with Gasteiger partial charge < -0.3 is 0 Å². The molecule has 132 valence electrons. The minimum absolute atomic E-state index is 0.261. The number of hydrogen-bond acceptors (Lipinski definition) is 5. The van der Waals surface area contributed by atoms with Crippen LogP contribution in [0.15, 0.2) is 78.8 Å². The zero-order chi connectivity index (χ0) is 18.6. The Morgan fingerprint density at radius 3 is 2.63 bits per heavy atom. The molecule has 0 spiro atoms. The van der Waals surface area contributed by atoms with Crippen molar-refractivity contribution < 1.29 is 4.79 Å². The molecule has 27 heavy (non-hydrogen) atoms. The zero-order valence-corrected chi connectivity index (χ0v) is 15.2. The fraction of sp³-hybridized carbons (Fsp3) is 0. The van der Waals surface area contributed by atoms with Gasteiger partial charge in [0, 0.05) is 11.6 Å². The van der Waals surface area contributed by atoms with E-state index in [9.17, 15) is 4.79 Å². The number of benzene rings is 1. The predicted octanol–water partition coefficient (Wildman–Crippen LogP) is 4.26. The summed E-state index contributed by atoms with van der Waals surface area (Å²) in [4.78, 5) is 22.8. The van der Waals surface area contributed by atoms with Crippen molar-refractivity contribution >= 4 is 33.8 Å². The van der Waals surface area contributed by atoms with Crippen LogP contribution < -0.4 is 10.9 Å². The standard InChI is InChI=1S/C21H16N4OS/c1-14(17-8-4-5-11-22-17)24-25-21(26)16-13-19(20-10-6-12-27-20)23-18-9-3-2-7-15(16)18/h2-13,24H,1H2,(H,25,26). The number of carbonyl (C=O) groups excluding carboxylic acids is 1. The van der Waals surface area contributed by atoms with Crippen LogP contribution in [0.2, 0.25) is 0 Å². The van der Waals surface area contributed by atoms with Gasteiger partial charge in [-0.1, -0.05) is 36.9 Å². The van der Waals surface area contributed by atoms with Gasteiger partial charge >= 0.3 is 0 Å². The molecule has 3 heterocycles. The Kier molecular flexibility index (Phi) is 4.63. The molecule has 0 saturated heterocycles. The van der Waals surface area contributed by atoms with Crippen molar-refractivity contribution in [1.82, 2.24) is 20.8 Å². The molecule has 4 rings (SSSR count). The summed E-state index contributed by atoms with van der Waals surface area (Å²) in [5.41, 5.74) is 8.83. The molecular weight excluding hydrogens is 356 g/mol. The van der Waals surface area contributed by atoms with E-state index in [0.29, 0.717) is 17.0 Å². The van der Waals surface area contributed by atoms with E-state index in [0.717, 1.165) is 21.5 Å². The van der Waals surface area contributed by atoms with Crippen LogP contribution in [0, 0.1) is 0 Å². The van der Waals surface area contributed by atoms with E-state index in [1.165, 1.54) is 0 Å². The molecule has 0 radical (unpaired) electrons. The van der Waals surface area contributed by atoms with Crippen LogP contribution in [-0.2, 0) is 0 Å². The molecule has 2 N–H and O–H groups in total. The number of pyridine rings is 2. The minimum atomic E-state index is -0.261. The lowest BCUT2D eigenvalue weighted by atomic mass is 10.1. The van der Waals surface area contributed by atoms with Crippen molar-refractivity contribution in [3.63, 3.8) is 0 Å². The van der Waals surface area contributed by atoms with Gasteiger partial charge in [-0.05, 0) is 35.7 Å². The van der Waals surface area contributed by atoms with Gasteiger partial charge in [0.15, 0.2) is 0 Å². The fourth-order valence-corrected chi connectivity index (χ4v) is 3.40. The number of hydrogen-bond donors (Lipinski definition) is 2. The third kappa shape index (κ3) is 3.56. The van der Waals surface area contributed by atoms with Gasteiger partial charge in [-0.3, -0.25) is 20.6 Å². The highest BCUT2D eigenvalue weighted by molar-refractivity contribution is 7.13. The minimum Gasteiger partial charge on any atom is -0.297 e. The van der Waals surface area contributed by atoms with E-state index >= 15 is 0 Å². The molecule has 0 aliphatic rings. The van der Waals surface area contributed by atoms with Crippen LogP contribution in [0.25, 0.3) is 27.2 Å². The summed E-state index contributed by atoms with van der Waals surface area (Å²) >= 11 is 1.59. The van der Waals surface area contributed by atoms with Gasteiger partial charge in [-0.2, -0.15) is 0 Å². The quantitative estimate of drug-likeness (QED) is 0.514. The second-order valence-electron chi connectivity index (χ2n) is 5.82. The normalized spacial score (nSPS) is 10.5. The first-order valence-electron chi connectivity index (χ1n) is 8.33. The summed E-state index contributed by atoms with van der Waals surface area (Å²) in [6.45, 7) is 3.91. The first kappa shape index (κ1) is 16.9. The van der Waals surface area contributed by atoms with Gasteiger partial charge in [0.1, 0.15) is 0 Å². The maximum Gasteiger partial charge on any atom is 0.270 e. The number of aromatic nitrogens is 2. The molecular formula is C21H16N4OS. The van der Waals surface area contributed by atoms with Gasteiger partial charge in [0.25, 0.3) is 5.91 Å². The first-order valence-corrected chi connectivity index (χ1v) is 9.20. The molecule has 1 aromatic carbocycles. The molecule has 0 atom stereocenters. The number of para-hydroxylation sites is 1. The number of fused-ring (bicyclic) bond motifs is 1. The van der Waals surface area contributed by atoms with Crippen LogP contribution >= 0.6 is 11.3 Å². The Hall–Kier alpha value is -3.51. The first-order chi connectivity index (χ1) is 13.2. The number of hydrazine groups is 1. The van der Waals surface area contributed by atoms with E-state index in [4.69, 9.17) is 0 Å². The van der Waals surface area contributed by atoms with Crippen molar-refractivity contribution in [3.8, 4) is 10.6 Å². The monoisotopic (exact) mass is 372 g/mol. The maximum absolute atomic E-state index is 12.9. The van der Waals surface area contributed by atoms with Crippen LogP contribution in [0.1, 0.15) is 16.1 Å². The highest BCUT2D eigenvalue weighted by atomic mass is 32.1. The number of nitrogens with zero attached hydrogens (tertiary/aromatic N) is 2. The van der Waals surface area contributed by atoms with Crippen molar-refractivity contribution in [2.24, 2.45) is 0 Å². The molecule has 6 heteroatoms. The summed E-state index contributed by atoms with van der Waals surface area (Å²) in [5, 5.41) is 2.78. The molecule has 5 nitrogen and oxygen atoms in total. The molecule has 0 aliphatic carbocycles. The Balaban J connectivity index is 1.64. The summed E-state index contributed by atoms with van der Waals surface area (Å²) < 4.78 is 0. The third-order valence-corrected chi connectivity index (χ3v) is 4.93. The Labute approximate surface area is 160 Å². The number of rotatable bonds is 5. The Morgan fingerprint density at radius 1 is 1.00 bits per heavy atom. The topological polar surface area (TPSA) is 66.9 Å². The van der Waals surface area contributed by atoms with Crippen molar-refractivity contribution in [3.05, 3.63) is 90.1 Å². The van der Waals surface area contributed by atoms with E-state index in [2.05, 4.69) is 27.4 Å². The van der Waals surface area contributed by atoms with Crippen LogP contribution in [0.4, 0.5) is 0 Å². The summed E-state index contributed by atoms with van der Waals surface area (Å²) in [6, 6.07) is 18.9. The van der Waals surface area contributed by atoms with Crippen LogP contribution in [0.3, 0.4) is 0 Å². The second-order valence-corrected chi connectivity index (χ2v) is 6.77. The van der Waals surface area contributed by atoms with Crippen molar-refractivity contribution in [2.75, 3.05) is 0 Å². The highest BCUT2D eigenvalue weighted by Crippen LogP contribution is 2.27. The van der Waals surface area contributed by atoms with E-state index in [1.54, 1.807) is 17.5 Å². The average Bonchev–Trinajstić information content (AvgIpc) is 3.26. The lowest BCUT2D eigenvalue weighted by Gasteiger charge is -2.12. The molecule has 3 aromatic heterocycles. The van der Waals surface area contributed by atoms with Crippen molar-refractivity contribution in [2.45, 2.75) is 0 Å². The fourth-order valence-electron chi connectivity index (χ4n) is 2.72. The maximum atomic E-state index is 12.9. The summed E-state index contributed by atoms with van der Waals surface area (Å²) in [5.74, 6) is -0.261. The predicted molar refractivity (Wildman–Crippen MR) is 109 cm³/mol. The van der Waals surface area contributed by atoms with Crippen molar-refractivity contribution in [1.29, 1.82) is 0 Å². The molecule has 4 aromatic rings. The average molecular weight is 372 g/mol. The highest BCUT2D eigenvalue weighted by Gasteiger charge is 2.14. The number of carbonyl (C=O) groups is 1. The number of nitrogens with one attached hydrogen (secondary N) is 2. The smallest absolute Gasteiger partial charge is 0.270 e. The van der Waals surface area contributed by atoms with E-state index in [1.807, 2.05) is 66.0 Å². The summed E-state index contributed by atoms with van der Waals surface area (Å²) in [7, 11) is 0. The van der Waals surface area contributed by atoms with E-state index in [-0.39, 0.29) is 5.91 Å². The number of thiophene rings is 1. The molecule has 0 saturated carbocycles. The lowest BCUT2D eigenvalue weighted by Crippen LogP contribution is -2.36. The molecule has 1 amide bonds. The van der Waals surface area contributed by atoms with Crippen LogP contribution in [-0.4, -0.2) is 15.9 Å². The summed E-state index contributed by atoms with van der Waals surface area (Å²) in [6.07, 6.45) is 1.67. The molecule has 0 bridgehead atoms. The number of amides is 1. The van der Waals surface area contributed by atoms with Crippen LogP contribution in [0.5, 0.6) is 0 Å². The van der Waals surface area contributed by atoms with Gasteiger partial charge in [-0.15, -0.1) is 11.3 Å². The third-order valence-electron chi connectivity index (χ3n) is 4.04. The Morgan fingerprint density at radius 2 is 1.85 bits per heavy atom. The Bertz CT molecular complexity index is 1110. The molecule has 0 unspecified atom stereocenters. The van der Waals surface area contributed by atoms with E-state index < -0.39 is 0 Å². The molecule has 0 fully saturated rings. The second kappa shape index (κ2) is 7.39. The molecule has 0 aliphatic heterocycles. The largest absolute Gasteiger partial charge is 0.297 e. The van der Waals surface area contributed by atoms with Gasteiger partial charge in [-0.25, -0.2) is 4.98 Å². The van der Waals surface area contributed by atoms with Gasteiger partial charge in [0.05, 0.1) is 33.0 Å². The lowest BCUT2D eigenvalue weighted by molar-refractivity contribution is 0.0944.